The van der Waals surface area contributed by atoms with E-state index in [0.29, 0.717) is 22.6 Å². The summed E-state index contributed by atoms with van der Waals surface area (Å²) in [6.45, 7) is 9.36. The third kappa shape index (κ3) is 3.61. The minimum Gasteiger partial charge on any atom is -0.444 e. The summed E-state index contributed by atoms with van der Waals surface area (Å²) in [5.74, 6) is 0.300. The van der Waals surface area contributed by atoms with Crippen molar-refractivity contribution in [2.24, 2.45) is 0 Å². The minimum absolute atomic E-state index is 0.212. The number of amides is 1. The Labute approximate surface area is 180 Å². The van der Waals surface area contributed by atoms with Crippen LogP contribution in [0.3, 0.4) is 0 Å². The van der Waals surface area contributed by atoms with Gasteiger partial charge in [-0.3, -0.25) is 4.90 Å². The Kier molecular flexibility index (Phi) is 5.14. The molecule has 0 spiro atoms. The smallest absolute Gasteiger partial charge is 0.411 e. The molecule has 164 valence electrons. The molecule has 2 fully saturated rings. The van der Waals surface area contributed by atoms with Crippen molar-refractivity contribution in [2.75, 3.05) is 17.7 Å². The number of nitrogen functional groups attached to an aromatic ring is 1. The zero-order valence-corrected chi connectivity index (χ0v) is 18.9. The zero-order valence-electron chi connectivity index (χ0n) is 18.1. The summed E-state index contributed by atoms with van der Waals surface area (Å²) in [4.78, 5) is 26.8. The van der Waals surface area contributed by atoms with Crippen molar-refractivity contribution in [3.8, 4) is 0 Å². The van der Waals surface area contributed by atoms with Crippen LogP contribution in [0, 0.1) is 0 Å². The van der Waals surface area contributed by atoms with Gasteiger partial charge < -0.3 is 24.9 Å². The van der Waals surface area contributed by atoms with Crippen molar-refractivity contribution < 1.29 is 19.0 Å². The largest absolute Gasteiger partial charge is 0.444 e. The Morgan fingerprint density at radius 2 is 2.03 bits per heavy atom. The number of carbonyl (C=O) groups excluding carboxylic acids is 1. The maximum Gasteiger partial charge on any atom is 0.411 e. The van der Waals surface area contributed by atoms with E-state index in [1.807, 2.05) is 47.1 Å². The molecule has 0 aromatic carbocycles. The molecular formula is C20H29N5O4S. The van der Waals surface area contributed by atoms with E-state index in [4.69, 9.17) is 19.9 Å². The van der Waals surface area contributed by atoms with Crippen LogP contribution < -0.4 is 5.73 Å². The molecule has 2 aromatic rings. The van der Waals surface area contributed by atoms with Gasteiger partial charge in [0.15, 0.2) is 11.6 Å². The highest BCUT2D eigenvalue weighted by atomic mass is 32.2. The first-order valence-corrected chi connectivity index (χ1v) is 11.3. The molecule has 2 aromatic heterocycles. The molecule has 4 rings (SSSR count). The molecule has 2 saturated heterocycles. The molecule has 4 unspecified atom stereocenters. The summed E-state index contributed by atoms with van der Waals surface area (Å²) >= 11 is 1.65. The average molecular weight is 436 g/mol. The normalized spacial score (nSPS) is 28.1. The molecule has 4 atom stereocenters. The Bertz CT molecular complexity index is 956. The van der Waals surface area contributed by atoms with Crippen molar-refractivity contribution in [3.63, 3.8) is 0 Å². The lowest BCUT2D eigenvalue weighted by atomic mass is 10.0. The predicted octanol–water partition coefficient (Wildman–Crippen LogP) is 3.08. The number of ether oxygens (including phenoxy) is 3. The number of thioether (sulfide) groups is 1. The van der Waals surface area contributed by atoms with Crippen LogP contribution in [0.15, 0.2) is 12.5 Å². The van der Waals surface area contributed by atoms with Crippen LogP contribution in [0.4, 0.5) is 10.6 Å². The SMILES string of the molecule is CSCC1C2OC(C)(C)OC2C(c2c[nH]c3c(N)ncnc23)N1C(=O)OC(C)(C)C. The van der Waals surface area contributed by atoms with Gasteiger partial charge in [0.1, 0.15) is 29.7 Å². The number of hydrogen-bond acceptors (Lipinski definition) is 8. The van der Waals surface area contributed by atoms with Gasteiger partial charge in [0.05, 0.1) is 17.6 Å². The lowest BCUT2D eigenvalue weighted by molar-refractivity contribution is -0.166. The lowest BCUT2D eigenvalue weighted by Gasteiger charge is -2.35. The topological polar surface area (TPSA) is 116 Å². The number of H-pyrrole nitrogens is 1. The number of nitrogens with one attached hydrogen (secondary N) is 1. The lowest BCUT2D eigenvalue weighted by Crippen LogP contribution is -2.46. The molecule has 4 heterocycles. The van der Waals surface area contributed by atoms with Crippen LogP contribution in [-0.2, 0) is 14.2 Å². The number of aromatic nitrogens is 3. The highest BCUT2D eigenvalue weighted by molar-refractivity contribution is 7.98. The minimum atomic E-state index is -0.746. The highest BCUT2D eigenvalue weighted by Crippen LogP contribution is 2.49. The average Bonchev–Trinajstić information content (AvgIpc) is 3.25. The maximum absolute atomic E-state index is 13.4. The molecule has 30 heavy (non-hydrogen) atoms. The number of carbonyl (C=O) groups is 1. The van der Waals surface area contributed by atoms with Gasteiger partial charge in [-0.15, -0.1) is 0 Å². The van der Waals surface area contributed by atoms with E-state index in [1.165, 1.54) is 6.33 Å². The van der Waals surface area contributed by atoms with E-state index in [2.05, 4.69) is 15.0 Å². The predicted molar refractivity (Wildman–Crippen MR) is 115 cm³/mol. The van der Waals surface area contributed by atoms with E-state index in [9.17, 15) is 4.79 Å². The fourth-order valence-corrected chi connectivity index (χ4v) is 5.01. The molecule has 0 saturated carbocycles. The zero-order chi connectivity index (χ0) is 21.8. The second-order valence-corrected chi connectivity index (χ2v) is 10.1. The number of rotatable bonds is 3. The van der Waals surface area contributed by atoms with Gasteiger partial charge in [-0.1, -0.05) is 0 Å². The van der Waals surface area contributed by atoms with E-state index in [1.54, 1.807) is 16.7 Å². The van der Waals surface area contributed by atoms with Crippen LogP contribution >= 0.6 is 11.8 Å². The highest BCUT2D eigenvalue weighted by Gasteiger charge is 2.60. The van der Waals surface area contributed by atoms with Gasteiger partial charge in [-0.05, 0) is 40.9 Å². The first-order chi connectivity index (χ1) is 14.0. The first kappa shape index (κ1) is 21.2. The molecule has 1 amide bonds. The first-order valence-electron chi connectivity index (χ1n) is 9.96. The molecule has 2 aliphatic rings. The Hall–Kier alpha value is -2.04. The fourth-order valence-electron chi connectivity index (χ4n) is 4.32. The fraction of sp³-hybridized carbons (Fsp3) is 0.650. The van der Waals surface area contributed by atoms with Gasteiger partial charge in [-0.2, -0.15) is 11.8 Å². The number of anilines is 1. The van der Waals surface area contributed by atoms with Gasteiger partial charge in [0.2, 0.25) is 0 Å². The molecule has 9 nitrogen and oxygen atoms in total. The number of likely N-dealkylation sites (tertiary alicyclic amines) is 1. The molecule has 3 N–H and O–H groups in total. The van der Waals surface area contributed by atoms with Crippen LogP contribution in [0.2, 0.25) is 0 Å². The van der Waals surface area contributed by atoms with Crippen LogP contribution in [0.5, 0.6) is 0 Å². The molecule has 2 aliphatic heterocycles. The van der Waals surface area contributed by atoms with Crippen molar-refractivity contribution in [1.82, 2.24) is 19.9 Å². The standard InChI is InChI=1S/C20H29N5O4S/c1-19(2,3)29-18(26)25-11(8-30-6)15-16(28-20(4,5)27-15)14(25)10-7-22-13-12(10)23-9-24-17(13)21/h7,9,11,14-16,22H,8H2,1-6H3,(H2,21,23,24). The monoisotopic (exact) mass is 435 g/mol. The number of nitrogens with two attached hydrogens (primary N) is 1. The summed E-state index contributed by atoms with van der Waals surface area (Å²) < 4.78 is 18.3. The number of hydrogen-bond donors (Lipinski definition) is 2. The van der Waals surface area contributed by atoms with Crippen LogP contribution in [0.25, 0.3) is 11.0 Å². The molecular weight excluding hydrogens is 406 g/mol. The number of aromatic amines is 1. The Balaban J connectivity index is 1.84. The molecule has 0 bridgehead atoms. The van der Waals surface area contributed by atoms with E-state index < -0.39 is 23.5 Å². The summed E-state index contributed by atoms with van der Waals surface area (Å²) in [6.07, 6.45) is 4.21. The Morgan fingerprint density at radius 3 is 2.70 bits per heavy atom. The third-order valence-corrected chi connectivity index (χ3v) is 5.97. The molecule has 10 heteroatoms. The quantitative estimate of drug-likeness (QED) is 0.756. The van der Waals surface area contributed by atoms with Crippen molar-refractivity contribution in [2.45, 2.75) is 70.3 Å². The van der Waals surface area contributed by atoms with Gasteiger partial charge >= 0.3 is 6.09 Å². The van der Waals surface area contributed by atoms with Crippen LogP contribution in [-0.4, -0.2) is 67.6 Å². The third-order valence-electron chi connectivity index (χ3n) is 5.29. The van der Waals surface area contributed by atoms with Crippen molar-refractivity contribution in [1.29, 1.82) is 0 Å². The summed E-state index contributed by atoms with van der Waals surface area (Å²) in [5.41, 5.74) is 7.51. The summed E-state index contributed by atoms with van der Waals surface area (Å²) in [7, 11) is 0. The molecule has 0 aliphatic carbocycles. The van der Waals surface area contributed by atoms with Crippen molar-refractivity contribution in [3.05, 3.63) is 18.1 Å². The second kappa shape index (κ2) is 7.28. The number of fused-ring (bicyclic) bond motifs is 2. The summed E-state index contributed by atoms with van der Waals surface area (Å²) in [5, 5.41) is 0. The Morgan fingerprint density at radius 1 is 1.33 bits per heavy atom. The maximum atomic E-state index is 13.4. The van der Waals surface area contributed by atoms with E-state index >= 15 is 0 Å². The summed E-state index contributed by atoms with van der Waals surface area (Å²) in [6, 6.07) is -0.650. The van der Waals surface area contributed by atoms with Crippen LogP contribution in [0.1, 0.15) is 46.2 Å². The molecule has 0 radical (unpaired) electrons. The van der Waals surface area contributed by atoms with Gasteiger partial charge in [0.25, 0.3) is 0 Å². The van der Waals surface area contributed by atoms with E-state index in [0.717, 1.165) is 5.56 Å². The van der Waals surface area contributed by atoms with Gasteiger partial charge in [-0.25, -0.2) is 14.8 Å². The second-order valence-electron chi connectivity index (χ2n) is 9.15. The van der Waals surface area contributed by atoms with E-state index in [-0.39, 0.29) is 18.2 Å². The number of nitrogens with zero attached hydrogens (tertiary/aromatic N) is 3. The van der Waals surface area contributed by atoms with Crippen molar-refractivity contribution >= 4 is 34.7 Å². The van der Waals surface area contributed by atoms with Gasteiger partial charge in [0, 0.05) is 17.5 Å².